The summed E-state index contributed by atoms with van der Waals surface area (Å²) in [6.45, 7) is 0. The summed E-state index contributed by atoms with van der Waals surface area (Å²) in [6, 6.07) is 8.36. The number of aromatic nitrogens is 3. The fourth-order valence-electron chi connectivity index (χ4n) is 4.54. The van der Waals surface area contributed by atoms with Crippen LogP contribution >= 0.6 is 0 Å². The molecule has 1 aromatic carbocycles. The molecule has 4 bridgehead atoms. The van der Waals surface area contributed by atoms with Gasteiger partial charge in [0.25, 0.3) is 0 Å². The topological polar surface area (TPSA) is 66.0 Å². The number of hydrogen-bond acceptors (Lipinski definition) is 3. The van der Waals surface area contributed by atoms with Crippen molar-refractivity contribution in [3.05, 3.63) is 51.3 Å². The smallest absolute Gasteiger partial charge is 0.297 e. The molecule has 2 aromatic rings. The van der Waals surface area contributed by atoms with Crippen LogP contribution in [0.15, 0.2) is 39.9 Å². The van der Waals surface area contributed by atoms with Crippen LogP contribution in [-0.4, -0.2) is 19.7 Å². The lowest BCUT2D eigenvalue weighted by atomic mass is 9.94. The number of Topliss-reactive ketones (excluding diaryl/α,β-unsaturated/α-hetero) is 1. The molecule has 0 N–H and O–H groups in total. The van der Waals surface area contributed by atoms with Crippen LogP contribution < -0.4 is 11.4 Å². The first kappa shape index (κ1) is 11.3. The molecule has 0 saturated heterocycles. The number of hydrogen-bond donors (Lipinski definition) is 0. The van der Waals surface area contributed by atoms with E-state index >= 15 is 0 Å². The number of para-hydroxylation sites is 1. The number of carbonyl (C=O) groups is 1. The van der Waals surface area contributed by atoms with E-state index in [9.17, 15) is 14.4 Å². The van der Waals surface area contributed by atoms with Crippen LogP contribution in [0, 0.1) is 11.8 Å². The molecule has 4 atom stereocenters. The molecule has 21 heavy (non-hydrogen) atoms. The van der Waals surface area contributed by atoms with Crippen LogP contribution in [0.4, 0.5) is 0 Å². The van der Waals surface area contributed by atoms with E-state index in [0.717, 1.165) is 12.8 Å². The number of ketones is 1. The second-order valence-corrected chi connectivity index (χ2v) is 6.11. The standard InChI is InChI=1S/C15H13N3O3/c19-13-10-7-6-9-11(10)17-14(20)16(8-4-2-1-3-5-8)15(21)18(17)12(9)13/h1-5,9-12H,6-7H2. The van der Waals surface area contributed by atoms with Gasteiger partial charge in [0.05, 0.1) is 11.7 Å². The minimum absolute atomic E-state index is 0.0660. The summed E-state index contributed by atoms with van der Waals surface area (Å²) in [7, 11) is 0. The summed E-state index contributed by atoms with van der Waals surface area (Å²) in [4.78, 5) is 37.7. The predicted molar refractivity (Wildman–Crippen MR) is 73.6 cm³/mol. The Labute approximate surface area is 119 Å². The molecular formula is C15H13N3O3. The molecule has 2 heterocycles. The summed E-state index contributed by atoms with van der Waals surface area (Å²) < 4.78 is 4.13. The molecule has 5 rings (SSSR count). The SMILES string of the molecule is O=C1C2CCC3C1n1c(=O)n(-c4ccccc4)c(=O)n1C23. The molecule has 2 saturated carbocycles. The minimum atomic E-state index is -0.418. The fraction of sp³-hybridized carbons (Fsp3) is 0.400. The third-order valence-corrected chi connectivity index (χ3v) is 5.29. The van der Waals surface area contributed by atoms with Gasteiger partial charge in [-0.2, -0.15) is 0 Å². The molecule has 0 radical (unpaired) electrons. The quantitative estimate of drug-likeness (QED) is 0.765. The average Bonchev–Trinajstić information content (AvgIpc) is 3.16. The lowest BCUT2D eigenvalue weighted by molar-refractivity contribution is -0.127. The third kappa shape index (κ3) is 1.10. The molecule has 0 amide bonds. The second kappa shape index (κ2) is 3.44. The number of fused-ring (bicyclic) bond motifs is 2. The average molecular weight is 283 g/mol. The molecule has 2 fully saturated rings. The summed E-state index contributed by atoms with van der Waals surface area (Å²) in [6.07, 6.45) is 1.78. The van der Waals surface area contributed by atoms with Crippen LogP contribution in [0.25, 0.3) is 5.69 Å². The van der Waals surface area contributed by atoms with E-state index in [0.29, 0.717) is 5.69 Å². The van der Waals surface area contributed by atoms with Gasteiger partial charge in [-0.05, 0) is 25.0 Å². The monoisotopic (exact) mass is 283 g/mol. The summed E-state index contributed by atoms with van der Waals surface area (Å²) in [5.41, 5.74) is -0.151. The largest absolute Gasteiger partial charge is 0.352 e. The van der Waals surface area contributed by atoms with Crippen LogP contribution in [0.5, 0.6) is 0 Å². The number of benzene rings is 1. The van der Waals surface area contributed by atoms with Crippen LogP contribution in [0.1, 0.15) is 24.9 Å². The Hall–Kier alpha value is -2.37. The van der Waals surface area contributed by atoms with E-state index in [1.165, 1.54) is 9.25 Å². The van der Waals surface area contributed by atoms with Gasteiger partial charge in [-0.25, -0.2) is 23.5 Å². The Morgan fingerprint density at radius 1 is 0.905 bits per heavy atom. The van der Waals surface area contributed by atoms with Crippen molar-refractivity contribution in [3.8, 4) is 5.69 Å². The van der Waals surface area contributed by atoms with Gasteiger partial charge in [-0.3, -0.25) is 4.79 Å². The Balaban J connectivity index is 1.83. The van der Waals surface area contributed by atoms with Crippen molar-refractivity contribution < 1.29 is 4.79 Å². The first-order valence-corrected chi connectivity index (χ1v) is 7.25. The Bertz CT molecular complexity index is 889. The van der Waals surface area contributed by atoms with Gasteiger partial charge < -0.3 is 0 Å². The molecule has 0 spiro atoms. The van der Waals surface area contributed by atoms with Crippen molar-refractivity contribution in [2.45, 2.75) is 24.9 Å². The second-order valence-electron chi connectivity index (χ2n) is 6.11. The minimum Gasteiger partial charge on any atom is -0.297 e. The van der Waals surface area contributed by atoms with E-state index in [4.69, 9.17) is 0 Å². The highest BCUT2D eigenvalue weighted by Crippen LogP contribution is 2.58. The highest BCUT2D eigenvalue weighted by molar-refractivity contribution is 5.90. The van der Waals surface area contributed by atoms with E-state index in [1.54, 1.807) is 28.9 Å². The molecule has 2 aliphatic carbocycles. The molecule has 3 aliphatic rings. The van der Waals surface area contributed by atoms with Crippen molar-refractivity contribution in [2.24, 2.45) is 11.8 Å². The van der Waals surface area contributed by atoms with Gasteiger partial charge in [0, 0.05) is 11.8 Å². The maximum Gasteiger partial charge on any atom is 0.352 e. The fourth-order valence-corrected chi connectivity index (χ4v) is 4.54. The molecule has 1 aromatic heterocycles. The van der Waals surface area contributed by atoms with Gasteiger partial charge in [-0.1, -0.05) is 18.2 Å². The van der Waals surface area contributed by atoms with Crippen molar-refractivity contribution in [1.29, 1.82) is 0 Å². The zero-order valence-corrected chi connectivity index (χ0v) is 11.2. The lowest BCUT2D eigenvalue weighted by Gasteiger charge is -2.22. The number of rotatable bonds is 1. The summed E-state index contributed by atoms with van der Waals surface area (Å²) in [5, 5.41) is 0. The van der Waals surface area contributed by atoms with Gasteiger partial charge >= 0.3 is 11.4 Å². The van der Waals surface area contributed by atoms with E-state index in [-0.39, 0.29) is 29.4 Å². The molecule has 4 unspecified atom stereocenters. The van der Waals surface area contributed by atoms with Crippen molar-refractivity contribution in [3.63, 3.8) is 0 Å². The maximum atomic E-state index is 12.7. The van der Waals surface area contributed by atoms with Gasteiger partial charge in [0.1, 0.15) is 6.04 Å². The zero-order chi connectivity index (χ0) is 14.3. The molecule has 6 nitrogen and oxygen atoms in total. The van der Waals surface area contributed by atoms with Gasteiger partial charge in [0.2, 0.25) is 0 Å². The molecule has 106 valence electrons. The first-order valence-electron chi connectivity index (χ1n) is 7.25. The molecular weight excluding hydrogens is 270 g/mol. The highest BCUT2D eigenvalue weighted by Gasteiger charge is 2.63. The van der Waals surface area contributed by atoms with Crippen molar-refractivity contribution >= 4 is 5.78 Å². The Morgan fingerprint density at radius 2 is 1.62 bits per heavy atom. The molecule has 6 heteroatoms. The van der Waals surface area contributed by atoms with Crippen molar-refractivity contribution in [2.75, 3.05) is 0 Å². The number of carbonyl (C=O) groups excluding carboxylic acids is 1. The van der Waals surface area contributed by atoms with E-state index in [1.807, 2.05) is 6.07 Å². The van der Waals surface area contributed by atoms with E-state index in [2.05, 4.69) is 0 Å². The highest BCUT2D eigenvalue weighted by atomic mass is 16.2. The third-order valence-electron chi connectivity index (χ3n) is 5.29. The summed E-state index contributed by atoms with van der Waals surface area (Å²) >= 11 is 0. The first-order chi connectivity index (χ1) is 10.2. The molecule has 1 aliphatic heterocycles. The van der Waals surface area contributed by atoms with Crippen LogP contribution in [-0.2, 0) is 4.79 Å². The number of nitrogens with zero attached hydrogens (tertiary/aromatic N) is 3. The zero-order valence-electron chi connectivity index (χ0n) is 11.2. The van der Waals surface area contributed by atoms with Crippen LogP contribution in [0.2, 0.25) is 0 Å². The van der Waals surface area contributed by atoms with E-state index < -0.39 is 11.7 Å². The van der Waals surface area contributed by atoms with Gasteiger partial charge in [-0.15, -0.1) is 0 Å². The normalized spacial score (nSPS) is 31.9. The Kier molecular flexibility index (Phi) is 1.85. The predicted octanol–water partition coefficient (Wildman–Crippen LogP) is 0.505. The maximum absolute atomic E-state index is 12.7. The lowest BCUT2D eigenvalue weighted by Crippen LogP contribution is -2.38. The Morgan fingerprint density at radius 3 is 2.38 bits per heavy atom. The van der Waals surface area contributed by atoms with Crippen molar-refractivity contribution in [1.82, 2.24) is 13.9 Å². The summed E-state index contributed by atoms with van der Waals surface area (Å²) in [5.74, 6) is 0.223. The van der Waals surface area contributed by atoms with Crippen LogP contribution in [0.3, 0.4) is 0 Å². The van der Waals surface area contributed by atoms with Gasteiger partial charge in [0.15, 0.2) is 5.78 Å².